The topological polar surface area (TPSA) is 79.8 Å². The van der Waals surface area contributed by atoms with E-state index in [0.29, 0.717) is 27.4 Å². The van der Waals surface area contributed by atoms with Gasteiger partial charge in [-0.15, -0.1) is 5.10 Å². The Morgan fingerprint density at radius 3 is 2.54 bits per heavy atom. The van der Waals surface area contributed by atoms with Crippen LogP contribution in [0.5, 0.6) is 0 Å². The molecule has 1 aromatic heterocycles. The van der Waals surface area contributed by atoms with Crippen molar-refractivity contribution < 1.29 is 4.79 Å². The Labute approximate surface area is 176 Å². The molecule has 0 aliphatic heterocycles. The summed E-state index contributed by atoms with van der Waals surface area (Å²) in [5, 5.41) is 10.1. The number of aromatic amines is 1. The first kappa shape index (κ1) is 20.5. The van der Waals surface area contributed by atoms with E-state index in [1.54, 1.807) is 18.2 Å². The first-order chi connectivity index (χ1) is 13.5. The van der Waals surface area contributed by atoms with Crippen LogP contribution < -0.4 is 11.0 Å². The van der Waals surface area contributed by atoms with E-state index < -0.39 is 5.25 Å². The number of hydrogen-bond donors (Lipinski definition) is 2. The van der Waals surface area contributed by atoms with Gasteiger partial charge in [-0.25, -0.2) is 9.89 Å². The third-order valence-corrected chi connectivity index (χ3v) is 5.55. The van der Waals surface area contributed by atoms with E-state index >= 15 is 0 Å². The molecule has 9 heteroatoms. The van der Waals surface area contributed by atoms with E-state index in [1.165, 1.54) is 16.3 Å². The van der Waals surface area contributed by atoms with Crippen LogP contribution in [0.3, 0.4) is 0 Å². The second kappa shape index (κ2) is 9.32. The standard InChI is InChI=1S/C19H18Cl2N4O2S/c1-2-8-25-18(27)23-24-19(25)28-16(12-6-4-3-5-7-12)17(26)22-15-10-13(20)9-14(21)11-15/h3-7,9-11,16H,2,8H2,1H3,(H,22,26)(H,23,27). The predicted molar refractivity (Wildman–Crippen MR) is 113 cm³/mol. The van der Waals surface area contributed by atoms with Gasteiger partial charge in [0.05, 0.1) is 0 Å². The van der Waals surface area contributed by atoms with Gasteiger partial charge in [-0.05, 0) is 30.2 Å². The average Bonchev–Trinajstić information content (AvgIpc) is 2.99. The normalized spacial score (nSPS) is 12.0. The highest BCUT2D eigenvalue weighted by molar-refractivity contribution is 8.00. The number of nitrogens with one attached hydrogen (secondary N) is 2. The molecule has 1 atom stereocenters. The number of rotatable bonds is 7. The van der Waals surface area contributed by atoms with Crippen LogP contribution in [0.25, 0.3) is 0 Å². The number of benzene rings is 2. The summed E-state index contributed by atoms with van der Waals surface area (Å²) in [5.74, 6) is -0.270. The van der Waals surface area contributed by atoms with Crippen LogP contribution in [0.1, 0.15) is 24.2 Å². The van der Waals surface area contributed by atoms with Crippen molar-refractivity contribution in [3.8, 4) is 0 Å². The lowest BCUT2D eigenvalue weighted by molar-refractivity contribution is -0.115. The van der Waals surface area contributed by atoms with Crippen molar-refractivity contribution in [2.75, 3.05) is 5.32 Å². The smallest absolute Gasteiger partial charge is 0.325 e. The van der Waals surface area contributed by atoms with E-state index in [0.717, 1.165) is 12.0 Å². The fourth-order valence-corrected chi connectivity index (χ4v) is 4.25. The summed E-state index contributed by atoms with van der Waals surface area (Å²) in [6.45, 7) is 2.49. The summed E-state index contributed by atoms with van der Waals surface area (Å²) in [7, 11) is 0. The minimum Gasteiger partial charge on any atom is -0.325 e. The maximum Gasteiger partial charge on any atom is 0.343 e. The van der Waals surface area contributed by atoms with Crippen molar-refractivity contribution in [2.45, 2.75) is 30.3 Å². The number of halogens is 2. The predicted octanol–water partition coefficient (Wildman–Crippen LogP) is 4.76. The molecule has 0 saturated heterocycles. The van der Waals surface area contributed by atoms with Gasteiger partial charge in [0, 0.05) is 22.3 Å². The zero-order chi connectivity index (χ0) is 20.1. The monoisotopic (exact) mass is 436 g/mol. The number of thioether (sulfide) groups is 1. The fraction of sp³-hybridized carbons (Fsp3) is 0.211. The summed E-state index contributed by atoms with van der Waals surface area (Å²) >= 11 is 13.3. The largest absolute Gasteiger partial charge is 0.343 e. The lowest BCUT2D eigenvalue weighted by atomic mass is 10.1. The van der Waals surface area contributed by atoms with Gasteiger partial charge in [0.2, 0.25) is 5.91 Å². The molecule has 146 valence electrons. The number of aromatic nitrogens is 3. The van der Waals surface area contributed by atoms with Crippen molar-refractivity contribution in [2.24, 2.45) is 0 Å². The minimum absolute atomic E-state index is 0.270. The van der Waals surface area contributed by atoms with Gasteiger partial charge in [0.25, 0.3) is 0 Å². The van der Waals surface area contributed by atoms with Gasteiger partial charge in [-0.2, -0.15) is 0 Å². The summed E-state index contributed by atoms with van der Waals surface area (Å²) < 4.78 is 1.53. The Bertz CT molecular complexity index is 1000. The second-order valence-corrected chi connectivity index (χ2v) is 7.96. The van der Waals surface area contributed by atoms with Crippen molar-refractivity contribution in [3.05, 3.63) is 74.6 Å². The molecule has 1 amide bonds. The Morgan fingerprint density at radius 2 is 1.89 bits per heavy atom. The zero-order valence-electron chi connectivity index (χ0n) is 15.0. The van der Waals surface area contributed by atoms with Gasteiger partial charge in [0.15, 0.2) is 5.16 Å². The molecule has 3 rings (SSSR count). The van der Waals surface area contributed by atoms with Gasteiger partial charge in [-0.1, -0.05) is 72.2 Å². The van der Waals surface area contributed by atoms with Crippen LogP contribution in [0.15, 0.2) is 58.5 Å². The third-order valence-electron chi connectivity index (χ3n) is 3.86. The van der Waals surface area contributed by atoms with Crippen LogP contribution in [-0.2, 0) is 11.3 Å². The maximum atomic E-state index is 13.1. The van der Waals surface area contributed by atoms with Gasteiger partial charge >= 0.3 is 5.69 Å². The SMILES string of the molecule is CCCn1c(SC(C(=O)Nc2cc(Cl)cc(Cl)c2)c2ccccc2)n[nH]c1=O. The van der Waals surface area contributed by atoms with E-state index in [2.05, 4.69) is 15.5 Å². The number of amides is 1. The number of anilines is 1. The third kappa shape index (κ3) is 4.98. The molecule has 3 aromatic rings. The highest BCUT2D eigenvalue weighted by Crippen LogP contribution is 2.35. The Morgan fingerprint density at radius 1 is 1.21 bits per heavy atom. The average molecular weight is 437 g/mol. The van der Waals surface area contributed by atoms with Crippen molar-refractivity contribution in [3.63, 3.8) is 0 Å². The highest BCUT2D eigenvalue weighted by Gasteiger charge is 2.25. The number of hydrogen-bond acceptors (Lipinski definition) is 4. The molecule has 0 aliphatic carbocycles. The maximum absolute atomic E-state index is 13.1. The van der Waals surface area contributed by atoms with Crippen molar-refractivity contribution in [1.29, 1.82) is 0 Å². The second-order valence-electron chi connectivity index (χ2n) is 6.02. The van der Waals surface area contributed by atoms with E-state index in [4.69, 9.17) is 23.2 Å². The summed E-state index contributed by atoms with van der Waals surface area (Å²) in [4.78, 5) is 25.1. The van der Waals surface area contributed by atoms with Crippen molar-refractivity contribution in [1.82, 2.24) is 14.8 Å². The number of carbonyl (C=O) groups is 1. The molecule has 2 aromatic carbocycles. The molecule has 0 saturated carbocycles. The van der Waals surface area contributed by atoms with Crippen LogP contribution in [-0.4, -0.2) is 20.7 Å². The number of nitrogens with zero attached hydrogens (tertiary/aromatic N) is 2. The Balaban J connectivity index is 1.91. The highest BCUT2D eigenvalue weighted by atomic mass is 35.5. The lowest BCUT2D eigenvalue weighted by Gasteiger charge is -2.17. The lowest BCUT2D eigenvalue weighted by Crippen LogP contribution is -2.21. The first-order valence-electron chi connectivity index (χ1n) is 8.61. The molecule has 0 fully saturated rings. The van der Waals surface area contributed by atoms with Crippen LogP contribution >= 0.6 is 35.0 Å². The fourth-order valence-electron chi connectivity index (χ4n) is 2.65. The van der Waals surface area contributed by atoms with Crippen molar-refractivity contribution >= 4 is 46.6 Å². The zero-order valence-corrected chi connectivity index (χ0v) is 17.3. The van der Waals surface area contributed by atoms with Crippen LogP contribution in [0, 0.1) is 0 Å². The molecule has 0 aliphatic rings. The quantitative estimate of drug-likeness (QED) is 0.523. The number of carbonyl (C=O) groups excluding carboxylic acids is 1. The molecular formula is C19H18Cl2N4O2S. The van der Waals surface area contributed by atoms with E-state index in [9.17, 15) is 9.59 Å². The molecule has 0 bridgehead atoms. The first-order valence-corrected chi connectivity index (χ1v) is 10.2. The van der Waals surface area contributed by atoms with Gasteiger partial charge in [-0.3, -0.25) is 9.36 Å². The van der Waals surface area contributed by atoms with Gasteiger partial charge in [0.1, 0.15) is 5.25 Å². The van der Waals surface area contributed by atoms with Crippen LogP contribution in [0.2, 0.25) is 10.0 Å². The molecule has 6 nitrogen and oxygen atoms in total. The molecule has 28 heavy (non-hydrogen) atoms. The molecule has 1 heterocycles. The molecule has 1 unspecified atom stereocenters. The minimum atomic E-state index is -0.621. The molecule has 0 spiro atoms. The van der Waals surface area contributed by atoms with Crippen LogP contribution in [0.4, 0.5) is 5.69 Å². The molecular weight excluding hydrogens is 419 g/mol. The van der Waals surface area contributed by atoms with E-state index in [-0.39, 0.29) is 11.6 Å². The Hall–Kier alpha value is -2.22. The van der Waals surface area contributed by atoms with Gasteiger partial charge < -0.3 is 5.32 Å². The Kier molecular flexibility index (Phi) is 6.83. The van der Waals surface area contributed by atoms with E-state index in [1.807, 2.05) is 37.3 Å². The summed E-state index contributed by atoms with van der Waals surface area (Å²) in [6, 6.07) is 14.1. The summed E-state index contributed by atoms with van der Waals surface area (Å²) in [6.07, 6.45) is 0.774. The molecule has 0 radical (unpaired) electrons. The summed E-state index contributed by atoms with van der Waals surface area (Å²) in [5.41, 5.74) is 0.992. The molecule has 2 N–H and O–H groups in total. The number of H-pyrrole nitrogens is 1.